The smallest absolute Gasteiger partial charge is 0.101 e. The summed E-state index contributed by atoms with van der Waals surface area (Å²) in [5.74, 6) is 0. The van der Waals surface area contributed by atoms with Crippen LogP contribution >= 0.6 is 0 Å². The maximum Gasteiger partial charge on any atom is 0.101 e. The quantitative estimate of drug-likeness (QED) is 0.608. The van der Waals surface area contributed by atoms with Crippen LogP contribution in [-0.2, 0) is 4.74 Å². The fraction of sp³-hybridized carbons (Fsp3) is 0.909. The highest BCUT2D eigenvalue weighted by Crippen LogP contribution is 2.07. The first-order valence-corrected chi connectivity index (χ1v) is 5.40. The molecule has 1 atom stereocenters. The number of ether oxygens (including phenoxy) is 1. The summed E-state index contributed by atoms with van der Waals surface area (Å²) in [5, 5.41) is 8.65. The third-order valence-electron chi connectivity index (χ3n) is 2.13. The molecule has 2 N–H and O–H groups in total. The molecule has 0 spiro atoms. The fourth-order valence-corrected chi connectivity index (χ4v) is 1.15. The van der Waals surface area contributed by atoms with E-state index in [-0.39, 0.29) is 0 Å². The Morgan fingerprint density at radius 3 is 2.50 bits per heavy atom. The van der Waals surface area contributed by atoms with E-state index in [2.05, 4.69) is 13.0 Å². The lowest BCUT2D eigenvalue weighted by Gasteiger charge is -2.14. The summed E-state index contributed by atoms with van der Waals surface area (Å²) in [4.78, 5) is 0. The summed E-state index contributed by atoms with van der Waals surface area (Å²) in [6.07, 6.45) is 5.16. The zero-order valence-electron chi connectivity index (χ0n) is 9.38. The van der Waals surface area contributed by atoms with Crippen LogP contribution in [0.4, 0.5) is 0 Å². The van der Waals surface area contributed by atoms with E-state index < -0.39 is 5.54 Å². The van der Waals surface area contributed by atoms with Crippen LogP contribution < -0.4 is 5.73 Å². The van der Waals surface area contributed by atoms with Crippen molar-refractivity contribution in [1.29, 1.82) is 5.26 Å². The van der Waals surface area contributed by atoms with Crippen molar-refractivity contribution in [3.63, 3.8) is 0 Å². The predicted octanol–water partition coefficient (Wildman–Crippen LogP) is 2.21. The highest BCUT2D eigenvalue weighted by atomic mass is 16.5. The third kappa shape index (κ3) is 8.03. The van der Waals surface area contributed by atoms with Crippen LogP contribution in [0.3, 0.4) is 0 Å². The minimum atomic E-state index is -0.688. The van der Waals surface area contributed by atoms with Gasteiger partial charge in [-0.15, -0.1) is 0 Å². The highest BCUT2D eigenvalue weighted by Gasteiger charge is 2.15. The molecule has 0 aromatic heterocycles. The molecule has 0 bridgehead atoms. The largest absolute Gasteiger partial charge is 0.381 e. The van der Waals surface area contributed by atoms with Crippen LogP contribution in [0.25, 0.3) is 0 Å². The summed E-state index contributed by atoms with van der Waals surface area (Å²) >= 11 is 0. The summed E-state index contributed by atoms with van der Waals surface area (Å²) in [7, 11) is 0. The van der Waals surface area contributed by atoms with Crippen LogP contribution in [-0.4, -0.2) is 18.8 Å². The van der Waals surface area contributed by atoms with E-state index in [4.69, 9.17) is 15.7 Å². The Labute approximate surface area is 87.2 Å². The van der Waals surface area contributed by atoms with Crippen LogP contribution in [0.1, 0.15) is 46.0 Å². The standard InChI is InChI=1S/C11H22N2O/c1-3-4-5-8-14-9-6-7-11(2,13)10-12/h3-9,13H2,1-2H3. The molecule has 0 aliphatic rings. The van der Waals surface area contributed by atoms with Crippen LogP contribution in [0.2, 0.25) is 0 Å². The monoisotopic (exact) mass is 198 g/mol. The van der Waals surface area contributed by atoms with Gasteiger partial charge in [0.1, 0.15) is 5.54 Å². The van der Waals surface area contributed by atoms with Crippen molar-refractivity contribution in [1.82, 2.24) is 0 Å². The van der Waals surface area contributed by atoms with E-state index in [9.17, 15) is 0 Å². The lowest BCUT2D eigenvalue weighted by Crippen LogP contribution is -2.34. The molecule has 0 radical (unpaired) electrons. The fourth-order valence-electron chi connectivity index (χ4n) is 1.15. The minimum Gasteiger partial charge on any atom is -0.381 e. The molecule has 0 aromatic rings. The third-order valence-corrected chi connectivity index (χ3v) is 2.13. The van der Waals surface area contributed by atoms with Crippen molar-refractivity contribution in [2.24, 2.45) is 5.73 Å². The Kier molecular flexibility index (Phi) is 7.45. The van der Waals surface area contributed by atoms with Gasteiger partial charge in [-0.25, -0.2) is 0 Å². The maximum atomic E-state index is 8.65. The van der Waals surface area contributed by atoms with Crippen molar-refractivity contribution >= 4 is 0 Å². The lowest BCUT2D eigenvalue weighted by molar-refractivity contribution is 0.124. The van der Waals surface area contributed by atoms with Crippen molar-refractivity contribution in [2.45, 2.75) is 51.5 Å². The Hall–Kier alpha value is -0.590. The van der Waals surface area contributed by atoms with Crippen LogP contribution in [0, 0.1) is 11.3 Å². The normalized spacial score (nSPS) is 14.7. The van der Waals surface area contributed by atoms with E-state index >= 15 is 0 Å². The first-order chi connectivity index (χ1) is 6.62. The molecule has 3 heteroatoms. The van der Waals surface area contributed by atoms with Gasteiger partial charge >= 0.3 is 0 Å². The van der Waals surface area contributed by atoms with Crippen LogP contribution in [0.15, 0.2) is 0 Å². The zero-order chi connectivity index (χ0) is 10.9. The average molecular weight is 198 g/mol. The molecule has 0 amide bonds. The lowest BCUT2D eigenvalue weighted by atomic mass is 10.00. The highest BCUT2D eigenvalue weighted by molar-refractivity contribution is 5.00. The molecule has 0 fully saturated rings. The van der Waals surface area contributed by atoms with Gasteiger partial charge in [0.15, 0.2) is 0 Å². The first kappa shape index (κ1) is 13.4. The van der Waals surface area contributed by atoms with Gasteiger partial charge in [-0.2, -0.15) is 5.26 Å². The van der Waals surface area contributed by atoms with Gasteiger partial charge in [0.05, 0.1) is 6.07 Å². The number of nitrogens with two attached hydrogens (primary N) is 1. The molecule has 0 aromatic carbocycles. The Morgan fingerprint density at radius 1 is 1.29 bits per heavy atom. The van der Waals surface area contributed by atoms with Crippen LogP contribution in [0.5, 0.6) is 0 Å². The predicted molar refractivity (Wildman–Crippen MR) is 57.8 cm³/mol. The molecule has 0 aliphatic heterocycles. The number of nitriles is 1. The van der Waals surface area contributed by atoms with Crippen molar-refractivity contribution in [2.75, 3.05) is 13.2 Å². The Bertz CT molecular complexity index is 173. The van der Waals surface area contributed by atoms with Crippen molar-refractivity contribution < 1.29 is 4.74 Å². The topological polar surface area (TPSA) is 59.0 Å². The second-order valence-corrected chi connectivity index (χ2v) is 3.95. The number of hydrogen-bond donors (Lipinski definition) is 1. The van der Waals surface area contributed by atoms with E-state index in [1.165, 1.54) is 12.8 Å². The molecule has 0 saturated heterocycles. The second kappa shape index (κ2) is 7.78. The van der Waals surface area contributed by atoms with Gasteiger partial charge in [-0.05, 0) is 26.2 Å². The van der Waals surface area contributed by atoms with E-state index in [0.717, 1.165) is 26.1 Å². The molecule has 0 heterocycles. The molecular formula is C11H22N2O. The number of hydrogen-bond acceptors (Lipinski definition) is 3. The minimum absolute atomic E-state index is 0.688. The van der Waals surface area contributed by atoms with E-state index in [0.29, 0.717) is 6.42 Å². The van der Waals surface area contributed by atoms with Gasteiger partial charge in [0.2, 0.25) is 0 Å². The maximum absolute atomic E-state index is 8.65. The first-order valence-electron chi connectivity index (χ1n) is 5.40. The van der Waals surface area contributed by atoms with Gasteiger partial charge in [-0.1, -0.05) is 19.8 Å². The second-order valence-electron chi connectivity index (χ2n) is 3.95. The Morgan fingerprint density at radius 2 is 1.93 bits per heavy atom. The molecular weight excluding hydrogens is 176 g/mol. The summed E-state index contributed by atoms with van der Waals surface area (Å²) in [6, 6.07) is 2.07. The van der Waals surface area contributed by atoms with Crippen molar-refractivity contribution in [3.8, 4) is 6.07 Å². The molecule has 3 nitrogen and oxygen atoms in total. The molecule has 0 saturated carbocycles. The van der Waals surface area contributed by atoms with Gasteiger partial charge < -0.3 is 10.5 Å². The molecule has 14 heavy (non-hydrogen) atoms. The molecule has 0 rings (SSSR count). The number of nitrogens with zero attached hydrogens (tertiary/aromatic N) is 1. The zero-order valence-corrected chi connectivity index (χ0v) is 9.38. The van der Waals surface area contributed by atoms with E-state index in [1.807, 2.05) is 0 Å². The molecule has 1 unspecified atom stereocenters. The number of unbranched alkanes of at least 4 members (excludes halogenated alkanes) is 2. The van der Waals surface area contributed by atoms with Gasteiger partial charge in [0, 0.05) is 13.2 Å². The number of rotatable bonds is 8. The van der Waals surface area contributed by atoms with Crippen molar-refractivity contribution in [3.05, 3.63) is 0 Å². The average Bonchev–Trinajstić information content (AvgIpc) is 2.16. The summed E-state index contributed by atoms with van der Waals surface area (Å²) in [6.45, 7) is 5.48. The molecule has 0 aliphatic carbocycles. The summed E-state index contributed by atoms with van der Waals surface area (Å²) in [5.41, 5.74) is 4.97. The summed E-state index contributed by atoms with van der Waals surface area (Å²) < 4.78 is 5.41. The SMILES string of the molecule is CCCCCOCCCC(C)(N)C#N. The van der Waals surface area contributed by atoms with E-state index in [1.54, 1.807) is 6.92 Å². The molecule has 82 valence electrons. The van der Waals surface area contributed by atoms with Gasteiger partial charge in [-0.3, -0.25) is 0 Å². The van der Waals surface area contributed by atoms with Gasteiger partial charge in [0.25, 0.3) is 0 Å². The Balaban J connectivity index is 3.18.